The molecule has 1 aromatic rings. The first kappa shape index (κ1) is 13.9. The molecule has 4 N–H and O–H groups in total. The van der Waals surface area contributed by atoms with Gasteiger partial charge in [0.1, 0.15) is 4.88 Å². The molecule has 0 aliphatic heterocycles. The van der Waals surface area contributed by atoms with Crippen LogP contribution in [0, 0.1) is 6.92 Å². The molecule has 0 bridgehead atoms. The number of anilines is 1. The first-order valence-electron chi connectivity index (χ1n) is 5.59. The third-order valence-electron chi connectivity index (χ3n) is 2.44. The highest BCUT2D eigenvalue weighted by Gasteiger charge is 2.21. The number of thiazole rings is 1. The van der Waals surface area contributed by atoms with E-state index in [1.165, 1.54) is 0 Å². The Morgan fingerprint density at radius 3 is 2.76 bits per heavy atom. The molecule has 17 heavy (non-hydrogen) atoms. The fourth-order valence-corrected chi connectivity index (χ4v) is 2.36. The van der Waals surface area contributed by atoms with Crippen LogP contribution < -0.4 is 11.1 Å². The molecule has 0 fully saturated rings. The summed E-state index contributed by atoms with van der Waals surface area (Å²) in [6, 6.07) is 0. The van der Waals surface area contributed by atoms with E-state index in [-0.39, 0.29) is 12.5 Å². The van der Waals surface area contributed by atoms with Crippen molar-refractivity contribution >= 4 is 22.4 Å². The van der Waals surface area contributed by atoms with Crippen molar-refractivity contribution in [3.05, 3.63) is 10.6 Å². The van der Waals surface area contributed by atoms with Gasteiger partial charge in [-0.3, -0.25) is 4.79 Å². The highest BCUT2D eigenvalue weighted by atomic mass is 32.1. The lowest BCUT2D eigenvalue weighted by Crippen LogP contribution is -2.40. The number of hydrogen-bond donors (Lipinski definition) is 3. The zero-order valence-corrected chi connectivity index (χ0v) is 11.2. The first-order valence-corrected chi connectivity index (χ1v) is 6.41. The molecule has 5 nitrogen and oxygen atoms in total. The van der Waals surface area contributed by atoms with Gasteiger partial charge in [-0.25, -0.2) is 4.98 Å². The second kappa shape index (κ2) is 5.46. The zero-order valence-electron chi connectivity index (χ0n) is 10.4. The van der Waals surface area contributed by atoms with Crippen molar-refractivity contribution in [2.24, 2.45) is 0 Å². The predicted molar refractivity (Wildman–Crippen MR) is 69.1 cm³/mol. The Morgan fingerprint density at radius 1 is 1.65 bits per heavy atom. The van der Waals surface area contributed by atoms with Crippen LogP contribution in [-0.2, 0) is 0 Å². The Labute approximate surface area is 105 Å². The molecule has 1 rings (SSSR count). The monoisotopic (exact) mass is 257 g/mol. The summed E-state index contributed by atoms with van der Waals surface area (Å²) in [6.45, 7) is 5.68. The lowest BCUT2D eigenvalue weighted by molar-refractivity contribution is 0.0470. The van der Waals surface area contributed by atoms with Crippen molar-refractivity contribution in [3.8, 4) is 0 Å². The third kappa shape index (κ3) is 3.98. The average Bonchev–Trinajstić information content (AvgIpc) is 2.54. The van der Waals surface area contributed by atoms with Crippen molar-refractivity contribution < 1.29 is 9.90 Å². The number of nitrogen functional groups attached to an aromatic ring is 1. The number of nitrogens with zero attached hydrogens (tertiary/aromatic N) is 1. The Balaban J connectivity index is 2.59. The van der Waals surface area contributed by atoms with Crippen molar-refractivity contribution in [2.75, 3.05) is 12.3 Å². The fraction of sp³-hybridized carbons (Fsp3) is 0.636. The molecule has 0 aliphatic rings. The largest absolute Gasteiger partial charge is 0.388 e. The summed E-state index contributed by atoms with van der Waals surface area (Å²) in [5.74, 6) is -0.229. The Bertz CT molecular complexity index is 401. The van der Waals surface area contributed by atoms with Crippen LogP contribution in [0.5, 0.6) is 0 Å². The quantitative estimate of drug-likeness (QED) is 0.742. The summed E-state index contributed by atoms with van der Waals surface area (Å²) in [5.41, 5.74) is 5.28. The van der Waals surface area contributed by atoms with Crippen molar-refractivity contribution in [1.82, 2.24) is 10.3 Å². The number of rotatable bonds is 5. The van der Waals surface area contributed by atoms with E-state index in [1.807, 2.05) is 6.92 Å². The highest BCUT2D eigenvalue weighted by molar-refractivity contribution is 7.17. The highest BCUT2D eigenvalue weighted by Crippen LogP contribution is 2.19. The van der Waals surface area contributed by atoms with E-state index in [9.17, 15) is 9.90 Å². The molecule has 0 saturated heterocycles. The predicted octanol–water partition coefficient (Wildman–Crippen LogP) is 1.31. The average molecular weight is 257 g/mol. The minimum atomic E-state index is -0.867. The van der Waals surface area contributed by atoms with Gasteiger partial charge in [0.05, 0.1) is 11.3 Å². The number of nitrogens with two attached hydrogens (primary N) is 1. The summed E-state index contributed by atoms with van der Waals surface area (Å²) in [6.07, 6.45) is 1.52. The zero-order chi connectivity index (χ0) is 13.1. The minimum Gasteiger partial charge on any atom is -0.388 e. The molecule has 6 heteroatoms. The molecule has 1 atom stereocenters. The number of hydrogen-bond acceptors (Lipinski definition) is 5. The Morgan fingerprint density at radius 2 is 2.29 bits per heavy atom. The number of aliphatic hydroxyl groups is 1. The lowest BCUT2D eigenvalue weighted by Gasteiger charge is -2.22. The lowest BCUT2D eigenvalue weighted by atomic mass is 10.0. The Hall–Kier alpha value is -1.14. The van der Waals surface area contributed by atoms with Crippen LogP contribution >= 0.6 is 11.3 Å². The van der Waals surface area contributed by atoms with Crippen LogP contribution in [0.25, 0.3) is 0 Å². The molecule has 0 radical (unpaired) electrons. The van der Waals surface area contributed by atoms with Crippen molar-refractivity contribution in [3.63, 3.8) is 0 Å². The molecule has 0 spiro atoms. The number of aromatic nitrogens is 1. The van der Waals surface area contributed by atoms with Crippen LogP contribution in [0.15, 0.2) is 0 Å². The summed E-state index contributed by atoms with van der Waals surface area (Å²) >= 11 is 1.16. The molecule has 1 amide bonds. The van der Waals surface area contributed by atoms with Gasteiger partial charge in [0.2, 0.25) is 0 Å². The molecule has 96 valence electrons. The van der Waals surface area contributed by atoms with Crippen LogP contribution in [-0.4, -0.2) is 28.1 Å². The van der Waals surface area contributed by atoms with E-state index >= 15 is 0 Å². The van der Waals surface area contributed by atoms with E-state index in [0.717, 1.165) is 17.8 Å². The van der Waals surface area contributed by atoms with Gasteiger partial charge in [-0.05, 0) is 20.3 Å². The van der Waals surface area contributed by atoms with Gasteiger partial charge in [0, 0.05) is 6.54 Å². The number of carbonyl (C=O) groups is 1. The molecular weight excluding hydrogens is 238 g/mol. The molecular formula is C11H19N3O2S. The maximum atomic E-state index is 11.8. The fourth-order valence-electron chi connectivity index (χ4n) is 1.61. The number of amides is 1. The van der Waals surface area contributed by atoms with E-state index in [2.05, 4.69) is 10.3 Å². The second-order valence-electron chi connectivity index (χ2n) is 4.40. The maximum Gasteiger partial charge on any atom is 0.263 e. The van der Waals surface area contributed by atoms with Crippen LogP contribution in [0.4, 0.5) is 5.13 Å². The van der Waals surface area contributed by atoms with Gasteiger partial charge in [-0.2, -0.15) is 0 Å². The van der Waals surface area contributed by atoms with Gasteiger partial charge in [-0.1, -0.05) is 24.7 Å². The van der Waals surface area contributed by atoms with Crippen molar-refractivity contribution in [1.29, 1.82) is 0 Å². The van der Waals surface area contributed by atoms with E-state index in [0.29, 0.717) is 22.1 Å². The van der Waals surface area contributed by atoms with Crippen LogP contribution in [0.1, 0.15) is 42.1 Å². The third-order valence-corrected chi connectivity index (χ3v) is 3.42. The summed E-state index contributed by atoms with van der Waals surface area (Å²) in [4.78, 5) is 16.3. The summed E-state index contributed by atoms with van der Waals surface area (Å²) in [7, 11) is 0. The van der Waals surface area contributed by atoms with Crippen LogP contribution in [0.2, 0.25) is 0 Å². The molecule has 0 saturated carbocycles. The number of carbonyl (C=O) groups excluding carboxylic acids is 1. The van der Waals surface area contributed by atoms with Gasteiger partial charge in [0.25, 0.3) is 5.91 Å². The van der Waals surface area contributed by atoms with Gasteiger partial charge in [-0.15, -0.1) is 0 Å². The van der Waals surface area contributed by atoms with E-state index in [1.54, 1.807) is 13.8 Å². The first-order chi connectivity index (χ1) is 7.85. The second-order valence-corrected chi connectivity index (χ2v) is 5.43. The SMILES string of the molecule is CCCC(C)(O)CNC(=O)c1sc(N)nc1C. The molecule has 0 aromatic carbocycles. The smallest absolute Gasteiger partial charge is 0.263 e. The summed E-state index contributed by atoms with van der Waals surface area (Å²) < 4.78 is 0. The molecule has 0 aliphatic carbocycles. The molecule has 1 heterocycles. The van der Waals surface area contributed by atoms with Gasteiger partial charge in [0.15, 0.2) is 5.13 Å². The van der Waals surface area contributed by atoms with E-state index < -0.39 is 5.60 Å². The topological polar surface area (TPSA) is 88.2 Å². The standard InChI is InChI=1S/C11H19N3O2S/c1-4-5-11(3,16)6-13-9(15)8-7(2)14-10(12)17-8/h16H,4-6H2,1-3H3,(H2,12,14)(H,13,15). The van der Waals surface area contributed by atoms with Gasteiger partial charge >= 0.3 is 0 Å². The normalized spacial score (nSPS) is 14.4. The Kier molecular flexibility index (Phi) is 4.47. The van der Waals surface area contributed by atoms with Gasteiger partial charge < -0.3 is 16.2 Å². The maximum absolute atomic E-state index is 11.8. The number of aryl methyl sites for hydroxylation is 1. The number of nitrogens with one attached hydrogen (secondary N) is 1. The van der Waals surface area contributed by atoms with Crippen molar-refractivity contribution in [2.45, 2.75) is 39.2 Å². The van der Waals surface area contributed by atoms with E-state index in [4.69, 9.17) is 5.73 Å². The molecule has 1 aromatic heterocycles. The molecule has 1 unspecified atom stereocenters. The van der Waals surface area contributed by atoms with Crippen LogP contribution in [0.3, 0.4) is 0 Å². The minimum absolute atomic E-state index is 0.229. The summed E-state index contributed by atoms with van der Waals surface area (Å²) in [5, 5.41) is 13.0.